The first kappa shape index (κ1) is 17.9. The van der Waals surface area contributed by atoms with E-state index in [1.54, 1.807) is 19.2 Å². The molecule has 0 amide bonds. The molecular formula is C22H20N4O2. The normalized spacial score (nSPS) is 11.9. The van der Waals surface area contributed by atoms with Gasteiger partial charge < -0.3 is 14.9 Å². The van der Waals surface area contributed by atoms with Crippen LogP contribution in [0.3, 0.4) is 0 Å². The van der Waals surface area contributed by atoms with E-state index in [-0.39, 0.29) is 0 Å². The number of rotatable bonds is 6. The van der Waals surface area contributed by atoms with Crippen molar-refractivity contribution in [2.75, 3.05) is 11.9 Å². The molecule has 2 aromatic carbocycles. The number of aliphatic hydroxyl groups excluding tert-OH is 1. The SMILES string of the molecule is Cc1noc(-c2cccnc2NCC(O)c2ccc(-c3ccccc3)cc2)n1. The van der Waals surface area contributed by atoms with Gasteiger partial charge in [0.2, 0.25) is 0 Å². The van der Waals surface area contributed by atoms with Gasteiger partial charge in [-0.1, -0.05) is 59.8 Å². The van der Waals surface area contributed by atoms with Crippen LogP contribution >= 0.6 is 0 Å². The van der Waals surface area contributed by atoms with Gasteiger partial charge in [-0.2, -0.15) is 4.98 Å². The van der Waals surface area contributed by atoms with E-state index < -0.39 is 6.10 Å². The first-order valence-corrected chi connectivity index (χ1v) is 9.04. The van der Waals surface area contributed by atoms with E-state index in [4.69, 9.17) is 4.52 Å². The Kier molecular flexibility index (Phi) is 5.12. The van der Waals surface area contributed by atoms with E-state index in [1.807, 2.05) is 48.5 Å². The molecule has 6 nitrogen and oxygen atoms in total. The molecule has 6 heteroatoms. The molecule has 0 aliphatic carbocycles. The van der Waals surface area contributed by atoms with Gasteiger partial charge in [-0.15, -0.1) is 0 Å². The molecule has 0 spiro atoms. The summed E-state index contributed by atoms with van der Waals surface area (Å²) in [6.45, 7) is 2.07. The lowest BCUT2D eigenvalue weighted by Crippen LogP contribution is -2.13. The Hall–Kier alpha value is -3.51. The molecule has 4 aromatic rings. The van der Waals surface area contributed by atoms with E-state index in [9.17, 15) is 5.11 Å². The summed E-state index contributed by atoms with van der Waals surface area (Å²) in [5.41, 5.74) is 3.80. The summed E-state index contributed by atoms with van der Waals surface area (Å²) in [6.07, 6.45) is 1.000. The highest BCUT2D eigenvalue weighted by Gasteiger charge is 2.14. The molecule has 0 aliphatic rings. The van der Waals surface area contributed by atoms with Crippen molar-refractivity contribution in [3.63, 3.8) is 0 Å². The molecule has 0 aliphatic heterocycles. The Morgan fingerprint density at radius 2 is 1.71 bits per heavy atom. The maximum absolute atomic E-state index is 10.6. The van der Waals surface area contributed by atoms with Gasteiger partial charge in [0.15, 0.2) is 5.82 Å². The first-order valence-electron chi connectivity index (χ1n) is 9.04. The summed E-state index contributed by atoms with van der Waals surface area (Å²) in [4.78, 5) is 8.58. The minimum atomic E-state index is -0.677. The number of aliphatic hydroxyl groups is 1. The molecule has 1 atom stereocenters. The van der Waals surface area contributed by atoms with Gasteiger partial charge in [0, 0.05) is 12.7 Å². The third kappa shape index (κ3) is 3.92. The smallest absolute Gasteiger partial charge is 0.261 e. The number of hydrogen-bond acceptors (Lipinski definition) is 6. The highest BCUT2D eigenvalue weighted by Crippen LogP contribution is 2.26. The number of hydrogen-bond donors (Lipinski definition) is 2. The third-order valence-corrected chi connectivity index (χ3v) is 4.43. The van der Waals surface area contributed by atoms with E-state index in [2.05, 4.69) is 32.6 Å². The standard InChI is InChI=1S/C22H20N4O2/c1-15-25-22(28-26-15)19-8-5-13-23-21(19)24-14-20(27)18-11-9-17(10-12-18)16-6-3-2-4-7-16/h2-13,20,27H,14H2,1H3,(H,23,24). The predicted molar refractivity (Wildman–Crippen MR) is 108 cm³/mol. The lowest BCUT2D eigenvalue weighted by atomic mass is 10.0. The fourth-order valence-corrected chi connectivity index (χ4v) is 2.96. The van der Waals surface area contributed by atoms with Gasteiger partial charge in [0.05, 0.1) is 11.7 Å². The minimum Gasteiger partial charge on any atom is -0.387 e. The van der Waals surface area contributed by atoms with Crippen molar-refractivity contribution in [1.82, 2.24) is 15.1 Å². The molecule has 1 unspecified atom stereocenters. The van der Waals surface area contributed by atoms with Crippen molar-refractivity contribution in [1.29, 1.82) is 0 Å². The highest BCUT2D eigenvalue weighted by molar-refractivity contribution is 5.68. The third-order valence-electron chi connectivity index (χ3n) is 4.43. The van der Waals surface area contributed by atoms with Crippen LogP contribution in [0.5, 0.6) is 0 Å². The number of benzene rings is 2. The summed E-state index contributed by atoms with van der Waals surface area (Å²) in [5, 5.41) is 17.6. The number of anilines is 1. The number of nitrogens with one attached hydrogen (secondary N) is 1. The molecule has 2 aromatic heterocycles. The second kappa shape index (κ2) is 8.02. The molecule has 0 saturated carbocycles. The van der Waals surface area contributed by atoms with Crippen LogP contribution in [0.25, 0.3) is 22.6 Å². The summed E-state index contributed by atoms with van der Waals surface area (Å²) in [5.74, 6) is 1.55. The molecule has 0 fully saturated rings. The van der Waals surface area contributed by atoms with Crippen LogP contribution < -0.4 is 5.32 Å². The van der Waals surface area contributed by atoms with Gasteiger partial charge in [0.1, 0.15) is 5.82 Å². The second-order valence-electron chi connectivity index (χ2n) is 6.43. The van der Waals surface area contributed by atoms with Crippen molar-refractivity contribution in [3.8, 4) is 22.6 Å². The van der Waals surface area contributed by atoms with Crippen LogP contribution in [0.1, 0.15) is 17.5 Å². The average Bonchev–Trinajstić information content (AvgIpc) is 3.19. The number of nitrogens with zero attached hydrogens (tertiary/aromatic N) is 3. The zero-order valence-electron chi connectivity index (χ0n) is 15.4. The molecule has 140 valence electrons. The number of aromatic nitrogens is 3. The van der Waals surface area contributed by atoms with E-state index in [0.29, 0.717) is 29.6 Å². The molecule has 2 heterocycles. The summed E-state index contributed by atoms with van der Waals surface area (Å²) in [6, 6.07) is 21.7. The van der Waals surface area contributed by atoms with Crippen molar-refractivity contribution in [3.05, 3.63) is 84.3 Å². The monoisotopic (exact) mass is 372 g/mol. The second-order valence-corrected chi connectivity index (χ2v) is 6.43. The lowest BCUT2D eigenvalue weighted by Gasteiger charge is -2.14. The topological polar surface area (TPSA) is 84.1 Å². The van der Waals surface area contributed by atoms with Crippen LogP contribution in [-0.2, 0) is 0 Å². The highest BCUT2D eigenvalue weighted by atomic mass is 16.5. The molecule has 0 saturated heterocycles. The molecule has 0 bridgehead atoms. The Labute approximate surface area is 162 Å². The van der Waals surface area contributed by atoms with Crippen molar-refractivity contribution in [2.45, 2.75) is 13.0 Å². The zero-order valence-corrected chi connectivity index (χ0v) is 15.4. The molecular weight excluding hydrogens is 352 g/mol. The quantitative estimate of drug-likeness (QED) is 0.526. The predicted octanol–water partition coefficient (Wildman–Crippen LogP) is 4.25. The van der Waals surface area contributed by atoms with Crippen LogP contribution in [0, 0.1) is 6.92 Å². The average molecular weight is 372 g/mol. The Morgan fingerprint density at radius 1 is 0.964 bits per heavy atom. The number of pyridine rings is 1. The summed E-state index contributed by atoms with van der Waals surface area (Å²) < 4.78 is 5.23. The number of aryl methyl sites for hydroxylation is 1. The Bertz CT molecular complexity index is 1050. The summed E-state index contributed by atoms with van der Waals surface area (Å²) in [7, 11) is 0. The van der Waals surface area contributed by atoms with Crippen molar-refractivity contribution in [2.24, 2.45) is 0 Å². The maximum atomic E-state index is 10.6. The molecule has 2 N–H and O–H groups in total. The molecule has 4 rings (SSSR count). The maximum Gasteiger partial charge on any atom is 0.261 e. The van der Waals surface area contributed by atoms with Gasteiger partial charge in [0.25, 0.3) is 5.89 Å². The van der Waals surface area contributed by atoms with E-state index in [0.717, 1.165) is 16.7 Å². The van der Waals surface area contributed by atoms with Crippen LogP contribution in [0.15, 0.2) is 77.4 Å². The lowest BCUT2D eigenvalue weighted by molar-refractivity contribution is 0.191. The fraction of sp³-hybridized carbons (Fsp3) is 0.136. The molecule has 28 heavy (non-hydrogen) atoms. The van der Waals surface area contributed by atoms with E-state index in [1.165, 1.54) is 0 Å². The zero-order chi connectivity index (χ0) is 19.3. The van der Waals surface area contributed by atoms with E-state index >= 15 is 0 Å². The van der Waals surface area contributed by atoms with Gasteiger partial charge in [-0.25, -0.2) is 4.98 Å². The van der Waals surface area contributed by atoms with Gasteiger partial charge >= 0.3 is 0 Å². The van der Waals surface area contributed by atoms with Gasteiger partial charge in [-0.05, 0) is 35.7 Å². The summed E-state index contributed by atoms with van der Waals surface area (Å²) >= 11 is 0. The van der Waals surface area contributed by atoms with Crippen LogP contribution in [0.2, 0.25) is 0 Å². The first-order chi connectivity index (χ1) is 13.7. The van der Waals surface area contributed by atoms with Gasteiger partial charge in [-0.3, -0.25) is 0 Å². The Balaban J connectivity index is 1.46. The van der Waals surface area contributed by atoms with Crippen LogP contribution in [-0.4, -0.2) is 26.8 Å². The Morgan fingerprint density at radius 3 is 2.43 bits per heavy atom. The van der Waals surface area contributed by atoms with Crippen molar-refractivity contribution >= 4 is 5.82 Å². The fourth-order valence-electron chi connectivity index (χ4n) is 2.96. The largest absolute Gasteiger partial charge is 0.387 e. The van der Waals surface area contributed by atoms with Crippen molar-refractivity contribution < 1.29 is 9.63 Å². The molecule has 0 radical (unpaired) electrons. The van der Waals surface area contributed by atoms with Crippen LogP contribution in [0.4, 0.5) is 5.82 Å². The minimum absolute atomic E-state index is 0.307.